The van der Waals surface area contributed by atoms with Gasteiger partial charge in [-0.1, -0.05) is 48.5 Å². The van der Waals surface area contributed by atoms with Crippen LogP contribution in [0.1, 0.15) is 0 Å². The van der Waals surface area contributed by atoms with Gasteiger partial charge in [0.1, 0.15) is 0 Å². The molecule has 0 atom stereocenters. The van der Waals surface area contributed by atoms with Crippen LogP contribution in [-0.4, -0.2) is 14.5 Å². The Bertz CT molecular complexity index is 2090. The van der Waals surface area contributed by atoms with Gasteiger partial charge in [0.25, 0.3) is 0 Å². The van der Waals surface area contributed by atoms with Crippen molar-refractivity contribution in [2.45, 2.75) is 0 Å². The zero-order valence-electron chi connectivity index (χ0n) is 19.6. The van der Waals surface area contributed by atoms with E-state index in [4.69, 9.17) is 9.40 Å². The Morgan fingerprint density at radius 1 is 0.676 bits per heavy atom. The van der Waals surface area contributed by atoms with Gasteiger partial charge < -0.3 is 4.42 Å². The van der Waals surface area contributed by atoms with Gasteiger partial charge in [-0.05, 0) is 54.6 Å². The monoisotopic (exact) mass is 493 g/mol. The predicted molar refractivity (Wildman–Crippen MR) is 152 cm³/mol. The molecule has 0 radical (unpaired) electrons. The van der Waals surface area contributed by atoms with Gasteiger partial charge in [0, 0.05) is 44.7 Å². The van der Waals surface area contributed by atoms with Crippen LogP contribution in [0.5, 0.6) is 0 Å². The van der Waals surface area contributed by atoms with E-state index in [0.29, 0.717) is 0 Å². The highest BCUT2D eigenvalue weighted by molar-refractivity contribution is 7.26. The van der Waals surface area contributed by atoms with Crippen LogP contribution >= 0.6 is 11.3 Å². The van der Waals surface area contributed by atoms with E-state index in [0.717, 1.165) is 50.4 Å². The number of aromatic nitrogens is 3. The molecule has 0 N–H and O–H groups in total. The van der Waals surface area contributed by atoms with Crippen molar-refractivity contribution in [1.82, 2.24) is 14.5 Å². The highest BCUT2D eigenvalue weighted by Gasteiger charge is 2.22. The lowest BCUT2D eigenvalue weighted by molar-refractivity contribution is 0.649. The van der Waals surface area contributed by atoms with Crippen LogP contribution in [0.4, 0.5) is 0 Å². The highest BCUT2D eigenvalue weighted by atomic mass is 32.1. The van der Waals surface area contributed by atoms with Gasteiger partial charge in [0.2, 0.25) is 5.71 Å². The number of benzene rings is 3. The lowest BCUT2D eigenvalue weighted by atomic mass is 10.1. The third kappa shape index (κ3) is 3.08. The molecule has 0 aliphatic heterocycles. The summed E-state index contributed by atoms with van der Waals surface area (Å²) in [5, 5.41) is 3.50. The summed E-state index contributed by atoms with van der Waals surface area (Å²) in [6.07, 6.45) is 3.59. The Balaban J connectivity index is 1.36. The van der Waals surface area contributed by atoms with E-state index in [9.17, 15) is 0 Å². The molecule has 8 aromatic rings. The Kier molecular flexibility index (Phi) is 4.36. The molecular formula is C32H19N3OS. The summed E-state index contributed by atoms with van der Waals surface area (Å²) in [5.74, 6) is 0. The summed E-state index contributed by atoms with van der Waals surface area (Å²) in [5.41, 5.74) is 8.06. The van der Waals surface area contributed by atoms with E-state index < -0.39 is 0 Å². The molecule has 0 unspecified atom stereocenters. The summed E-state index contributed by atoms with van der Waals surface area (Å²) >= 11 is 1.79. The molecule has 0 aliphatic rings. The van der Waals surface area contributed by atoms with Crippen LogP contribution in [-0.2, 0) is 0 Å². The number of fused-ring (bicyclic) bond motifs is 7. The number of nitrogens with zero attached hydrogens (tertiary/aromatic N) is 3. The smallest absolute Gasteiger partial charge is 0.214 e. The largest absolute Gasteiger partial charge is 0.438 e. The van der Waals surface area contributed by atoms with Crippen molar-refractivity contribution in [2.24, 2.45) is 0 Å². The molecule has 0 fully saturated rings. The summed E-state index contributed by atoms with van der Waals surface area (Å²) in [6.45, 7) is 0. The lowest BCUT2D eigenvalue weighted by Gasteiger charge is -2.06. The number of para-hydroxylation sites is 2. The Hall–Kier alpha value is -4.74. The van der Waals surface area contributed by atoms with E-state index in [2.05, 4.69) is 88.4 Å². The average Bonchev–Trinajstić information content (AvgIpc) is 3.61. The van der Waals surface area contributed by atoms with Gasteiger partial charge >= 0.3 is 0 Å². The first-order valence-electron chi connectivity index (χ1n) is 12.2. The van der Waals surface area contributed by atoms with Gasteiger partial charge in [-0.3, -0.25) is 9.55 Å². The first kappa shape index (κ1) is 20.5. The molecule has 37 heavy (non-hydrogen) atoms. The number of thiophene rings is 1. The molecule has 0 bridgehead atoms. The van der Waals surface area contributed by atoms with E-state index in [-0.39, 0.29) is 0 Å². The minimum Gasteiger partial charge on any atom is -0.438 e. The minimum atomic E-state index is 0.888. The fourth-order valence-electron chi connectivity index (χ4n) is 5.24. The van der Waals surface area contributed by atoms with Gasteiger partial charge in [-0.25, -0.2) is 4.98 Å². The van der Waals surface area contributed by atoms with E-state index in [1.807, 2.05) is 24.3 Å². The molecule has 8 rings (SSSR count). The molecule has 0 aliphatic carbocycles. The second-order valence-electron chi connectivity index (χ2n) is 9.09. The van der Waals surface area contributed by atoms with Gasteiger partial charge in [0.05, 0.1) is 27.0 Å². The van der Waals surface area contributed by atoms with Crippen LogP contribution in [0.2, 0.25) is 0 Å². The van der Waals surface area contributed by atoms with E-state index in [1.54, 1.807) is 23.7 Å². The van der Waals surface area contributed by atoms with Crippen molar-refractivity contribution in [2.75, 3.05) is 0 Å². The third-order valence-electron chi connectivity index (χ3n) is 6.93. The first-order chi connectivity index (χ1) is 18.3. The Morgan fingerprint density at radius 3 is 2.32 bits per heavy atom. The Labute approximate surface area is 216 Å². The van der Waals surface area contributed by atoms with Crippen LogP contribution in [0.3, 0.4) is 0 Å². The van der Waals surface area contributed by atoms with Crippen LogP contribution in [0, 0.1) is 0 Å². The van der Waals surface area contributed by atoms with Crippen molar-refractivity contribution in [3.63, 3.8) is 0 Å². The summed E-state index contributed by atoms with van der Waals surface area (Å²) in [7, 11) is 0. The molecule has 5 heterocycles. The van der Waals surface area contributed by atoms with Gasteiger partial charge in [-0.15, -0.1) is 11.3 Å². The predicted octanol–water partition coefficient (Wildman–Crippen LogP) is 8.87. The maximum absolute atomic E-state index is 6.71. The number of rotatable bonds is 3. The van der Waals surface area contributed by atoms with Crippen molar-refractivity contribution in [3.05, 3.63) is 116 Å². The second-order valence-corrected chi connectivity index (χ2v) is 10.1. The van der Waals surface area contributed by atoms with Crippen molar-refractivity contribution in [3.8, 4) is 28.2 Å². The van der Waals surface area contributed by atoms with Crippen LogP contribution < -0.4 is 0 Å². The molecule has 4 nitrogen and oxygen atoms in total. The molecule has 0 spiro atoms. The van der Waals surface area contributed by atoms with E-state index in [1.165, 1.54) is 20.2 Å². The molecule has 0 saturated heterocycles. The second kappa shape index (κ2) is 7.88. The quantitative estimate of drug-likeness (QED) is 0.247. The fourth-order valence-corrected chi connectivity index (χ4v) is 6.40. The van der Waals surface area contributed by atoms with Crippen LogP contribution in [0.15, 0.2) is 120 Å². The number of pyridine rings is 2. The van der Waals surface area contributed by atoms with Crippen molar-refractivity contribution in [1.29, 1.82) is 0 Å². The molecule has 5 heteroatoms. The molecule has 0 saturated carbocycles. The van der Waals surface area contributed by atoms with E-state index >= 15 is 0 Å². The molecule has 174 valence electrons. The van der Waals surface area contributed by atoms with Crippen molar-refractivity contribution >= 4 is 53.7 Å². The summed E-state index contributed by atoms with van der Waals surface area (Å²) in [4.78, 5) is 9.08. The van der Waals surface area contributed by atoms with Crippen molar-refractivity contribution < 1.29 is 4.42 Å². The molecule has 3 aromatic carbocycles. The minimum absolute atomic E-state index is 0.888. The first-order valence-corrected chi connectivity index (χ1v) is 13.0. The zero-order chi connectivity index (χ0) is 24.3. The number of hydrogen-bond donors (Lipinski definition) is 0. The van der Waals surface area contributed by atoms with Gasteiger partial charge in [-0.2, -0.15) is 0 Å². The van der Waals surface area contributed by atoms with Crippen LogP contribution in [0.25, 0.3) is 70.6 Å². The SMILES string of the molecule is c1ccc(-n2c3ccccc3c3c4sc5ccc(-c6cccc(-c7ccncc7)n6)cc5c4oc32)cc1. The molecule has 0 amide bonds. The highest BCUT2D eigenvalue weighted by Crippen LogP contribution is 2.46. The maximum Gasteiger partial charge on any atom is 0.214 e. The van der Waals surface area contributed by atoms with Gasteiger partial charge in [0.15, 0.2) is 5.58 Å². The maximum atomic E-state index is 6.71. The normalized spacial score (nSPS) is 11.8. The molecular weight excluding hydrogens is 474 g/mol. The summed E-state index contributed by atoms with van der Waals surface area (Å²) < 4.78 is 11.3. The summed E-state index contributed by atoms with van der Waals surface area (Å²) in [6, 6.07) is 35.6. The fraction of sp³-hybridized carbons (Fsp3) is 0. The zero-order valence-corrected chi connectivity index (χ0v) is 20.4. The number of furan rings is 1. The molecule has 5 aromatic heterocycles. The number of hydrogen-bond acceptors (Lipinski definition) is 4. The Morgan fingerprint density at radius 2 is 1.46 bits per heavy atom. The topological polar surface area (TPSA) is 43.9 Å². The lowest BCUT2D eigenvalue weighted by Crippen LogP contribution is -1.91. The third-order valence-corrected chi connectivity index (χ3v) is 8.10. The average molecular weight is 494 g/mol. The standard InChI is InChI=1S/C32H19N3OS/c1-2-7-22(8-3-1)35-27-12-5-4-9-23(27)29-31-30(36-32(29)35)24-19-21(13-14-28(24)37-31)26-11-6-10-25(34-26)20-15-17-33-18-16-20/h1-19H.